The van der Waals surface area contributed by atoms with Crippen LogP contribution in [-0.2, 0) is 11.3 Å². The lowest BCUT2D eigenvalue weighted by Gasteiger charge is -2.07. The molecule has 0 bridgehead atoms. The monoisotopic (exact) mass is 260 g/mol. The molecule has 0 spiro atoms. The molecule has 1 amide bonds. The van der Waals surface area contributed by atoms with Gasteiger partial charge >= 0.3 is 0 Å². The van der Waals surface area contributed by atoms with Crippen LogP contribution in [0, 0.1) is 0 Å². The van der Waals surface area contributed by atoms with Gasteiger partial charge in [0.2, 0.25) is 5.91 Å². The number of likely N-dealkylation sites (N-methyl/N-ethyl adjacent to an activating group) is 1. The van der Waals surface area contributed by atoms with E-state index in [0.29, 0.717) is 13.1 Å². The second-order valence-electron chi connectivity index (χ2n) is 4.47. The zero-order chi connectivity index (χ0) is 13.7. The fourth-order valence-corrected chi connectivity index (χ4v) is 2.03. The maximum absolute atomic E-state index is 11.6. The number of nitrogens with one attached hydrogen (secondary N) is 1. The summed E-state index contributed by atoms with van der Waals surface area (Å²) in [4.78, 5) is 11.6. The highest BCUT2D eigenvalue weighted by Gasteiger charge is 2.06. The van der Waals surface area contributed by atoms with Crippen LogP contribution >= 0.6 is 0 Å². The third kappa shape index (κ3) is 3.28. The second-order valence-corrected chi connectivity index (χ2v) is 4.47. The predicted octanol–water partition coefficient (Wildman–Crippen LogP) is 2.57. The van der Waals surface area contributed by atoms with E-state index in [1.807, 2.05) is 42.0 Å². The normalized spacial score (nSPS) is 10.6. The van der Waals surface area contributed by atoms with Crippen LogP contribution in [0.4, 0.5) is 0 Å². The Morgan fingerprint density at radius 2 is 2.16 bits per heavy atom. The zero-order valence-corrected chi connectivity index (χ0v) is 11.5. The number of benzene rings is 1. The maximum Gasteiger partial charge on any atom is 0.239 e. The average Bonchev–Trinajstić information content (AvgIpc) is 2.79. The molecular weight excluding hydrogens is 240 g/mol. The molecule has 0 saturated carbocycles. The van der Waals surface area contributed by atoms with Gasteiger partial charge in [-0.3, -0.25) is 4.79 Å². The van der Waals surface area contributed by atoms with Crippen molar-refractivity contribution in [1.29, 1.82) is 0 Å². The summed E-state index contributed by atoms with van der Waals surface area (Å²) in [7, 11) is 0. The molecule has 0 saturated heterocycles. The molecule has 0 aliphatic rings. The van der Waals surface area contributed by atoms with Crippen LogP contribution in [0.2, 0.25) is 0 Å². The molecule has 0 aliphatic carbocycles. The Hall–Kier alpha value is -1.97. The Labute approximate surface area is 113 Å². The van der Waals surface area contributed by atoms with Gasteiger partial charge in [-0.15, -0.1) is 0 Å². The number of carbonyl (C=O) groups is 1. The van der Waals surface area contributed by atoms with Crippen molar-refractivity contribution in [1.82, 2.24) is 9.88 Å². The molecule has 4 nitrogen and oxygen atoms in total. The molecule has 1 aromatic carbocycles. The molecule has 19 heavy (non-hydrogen) atoms. The number of hydrogen-bond donors (Lipinski definition) is 1. The highest BCUT2D eigenvalue weighted by atomic mass is 16.5. The summed E-state index contributed by atoms with van der Waals surface area (Å²) in [6.45, 7) is 5.75. The van der Waals surface area contributed by atoms with E-state index in [-0.39, 0.29) is 5.91 Å². The Bertz CT molecular complexity index is 560. The number of ether oxygens (including phenoxy) is 1. The summed E-state index contributed by atoms with van der Waals surface area (Å²) in [6, 6.07) is 7.97. The lowest BCUT2D eigenvalue weighted by atomic mass is 10.2. The lowest BCUT2D eigenvalue weighted by molar-refractivity contribution is -0.121. The quantitative estimate of drug-likeness (QED) is 0.867. The first kappa shape index (κ1) is 13.5. The van der Waals surface area contributed by atoms with Gasteiger partial charge in [-0.2, -0.15) is 0 Å². The fourth-order valence-electron chi connectivity index (χ4n) is 2.03. The van der Waals surface area contributed by atoms with Crippen LogP contribution in [0.5, 0.6) is 5.75 Å². The molecule has 102 valence electrons. The minimum atomic E-state index is 0.0336. The van der Waals surface area contributed by atoms with Crippen LogP contribution in [0.3, 0.4) is 0 Å². The molecule has 0 fully saturated rings. The SMILES string of the molecule is CCCOc1ccc2c(ccn2CC(=O)NCC)c1. The summed E-state index contributed by atoms with van der Waals surface area (Å²) < 4.78 is 7.55. The van der Waals surface area contributed by atoms with Gasteiger partial charge in [0.25, 0.3) is 0 Å². The van der Waals surface area contributed by atoms with E-state index < -0.39 is 0 Å². The van der Waals surface area contributed by atoms with Crippen LogP contribution < -0.4 is 10.1 Å². The minimum absolute atomic E-state index is 0.0336. The number of fused-ring (bicyclic) bond motifs is 1. The Balaban J connectivity index is 2.17. The molecule has 0 radical (unpaired) electrons. The maximum atomic E-state index is 11.6. The summed E-state index contributed by atoms with van der Waals surface area (Å²) in [6.07, 6.45) is 2.93. The van der Waals surface area contributed by atoms with Crippen LogP contribution in [0.15, 0.2) is 30.5 Å². The Morgan fingerprint density at radius 3 is 2.89 bits per heavy atom. The van der Waals surface area contributed by atoms with Crippen molar-refractivity contribution < 1.29 is 9.53 Å². The lowest BCUT2D eigenvalue weighted by Crippen LogP contribution is -2.26. The second kappa shape index (κ2) is 6.27. The van der Waals surface area contributed by atoms with Gasteiger partial charge in [-0.1, -0.05) is 6.92 Å². The smallest absolute Gasteiger partial charge is 0.239 e. The summed E-state index contributed by atoms with van der Waals surface area (Å²) in [5.74, 6) is 0.913. The fraction of sp³-hybridized carbons (Fsp3) is 0.400. The molecule has 0 unspecified atom stereocenters. The van der Waals surface area contributed by atoms with Crippen molar-refractivity contribution in [2.45, 2.75) is 26.8 Å². The van der Waals surface area contributed by atoms with Crippen molar-refractivity contribution in [3.63, 3.8) is 0 Å². The first-order chi connectivity index (χ1) is 9.24. The number of carbonyl (C=O) groups excluding carboxylic acids is 1. The largest absolute Gasteiger partial charge is 0.494 e. The van der Waals surface area contributed by atoms with Crippen LogP contribution in [0.1, 0.15) is 20.3 Å². The van der Waals surface area contributed by atoms with E-state index in [0.717, 1.165) is 29.7 Å². The third-order valence-corrected chi connectivity index (χ3v) is 2.90. The topological polar surface area (TPSA) is 43.3 Å². The molecule has 4 heteroatoms. The highest BCUT2D eigenvalue weighted by molar-refractivity contribution is 5.84. The molecule has 1 heterocycles. The molecule has 1 N–H and O–H groups in total. The van der Waals surface area contributed by atoms with E-state index in [9.17, 15) is 4.79 Å². The number of amides is 1. The van der Waals surface area contributed by atoms with Gasteiger partial charge in [-0.05, 0) is 37.6 Å². The number of aromatic nitrogens is 1. The minimum Gasteiger partial charge on any atom is -0.494 e. The van der Waals surface area contributed by atoms with Crippen molar-refractivity contribution in [3.8, 4) is 5.75 Å². The Kier molecular flexibility index (Phi) is 4.44. The number of nitrogens with zero attached hydrogens (tertiary/aromatic N) is 1. The standard InChI is InChI=1S/C15H20N2O2/c1-3-9-19-13-5-6-14-12(10-13)7-8-17(14)11-15(18)16-4-2/h5-8,10H,3-4,9,11H2,1-2H3,(H,16,18). The highest BCUT2D eigenvalue weighted by Crippen LogP contribution is 2.22. The van der Waals surface area contributed by atoms with E-state index >= 15 is 0 Å². The first-order valence-corrected chi connectivity index (χ1v) is 6.73. The van der Waals surface area contributed by atoms with E-state index in [1.54, 1.807) is 0 Å². The van der Waals surface area contributed by atoms with Gasteiger partial charge in [0.1, 0.15) is 12.3 Å². The molecule has 2 aromatic rings. The first-order valence-electron chi connectivity index (χ1n) is 6.73. The predicted molar refractivity (Wildman–Crippen MR) is 76.4 cm³/mol. The summed E-state index contributed by atoms with van der Waals surface area (Å²) in [5, 5.41) is 3.90. The molecule has 0 atom stereocenters. The van der Waals surface area contributed by atoms with Crippen molar-refractivity contribution in [3.05, 3.63) is 30.5 Å². The van der Waals surface area contributed by atoms with Crippen molar-refractivity contribution in [2.24, 2.45) is 0 Å². The van der Waals surface area contributed by atoms with Gasteiger partial charge in [0.15, 0.2) is 0 Å². The third-order valence-electron chi connectivity index (χ3n) is 2.90. The van der Waals surface area contributed by atoms with E-state index in [1.165, 1.54) is 0 Å². The van der Waals surface area contributed by atoms with E-state index in [4.69, 9.17) is 4.74 Å². The molecular formula is C15H20N2O2. The van der Waals surface area contributed by atoms with Crippen molar-refractivity contribution in [2.75, 3.05) is 13.2 Å². The number of hydrogen-bond acceptors (Lipinski definition) is 2. The summed E-state index contributed by atoms with van der Waals surface area (Å²) in [5.41, 5.74) is 1.05. The van der Waals surface area contributed by atoms with Gasteiger partial charge < -0.3 is 14.6 Å². The van der Waals surface area contributed by atoms with Gasteiger partial charge in [0, 0.05) is 23.6 Å². The summed E-state index contributed by atoms with van der Waals surface area (Å²) >= 11 is 0. The van der Waals surface area contributed by atoms with E-state index in [2.05, 4.69) is 12.2 Å². The van der Waals surface area contributed by atoms with Gasteiger partial charge in [0.05, 0.1) is 6.61 Å². The average molecular weight is 260 g/mol. The van der Waals surface area contributed by atoms with Crippen LogP contribution in [-0.4, -0.2) is 23.6 Å². The molecule has 2 rings (SSSR count). The van der Waals surface area contributed by atoms with Crippen LogP contribution in [0.25, 0.3) is 10.9 Å². The molecule has 1 aromatic heterocycles. The molecule has 0 aliphatic heterocycles. The van der Waals surface area contributed by atoms with Crippen molar-refractivity contribution >= 4 is 16.8 Å². The Morgan fingerprint density at radius 1 is 1.32 bits per heavy atom. The van der Waals surface area contributed by atoms with Gasteiger partial charge in [-0.25, -0.2) is 0 Å². The zero-order valence-electron chi connectivity index (χ0n) is 11.5. The number of rotatable bonds is 6.